The number of unbranched alkanes of at least 4 members (excludes halogenated alkanes) is 2. The number of carbonyl (C=O) groups is 4. The third kappa shape index (κ3) is 15.7. The van der Waals surface area contributed by atoms with Crippen molar-refractivity contribution in [3.63, 3.8) is 0 Å². The van der Waals surface area contributed by atoms with Gasteiger partial charge in [-0.2, -0.15) is 15.1 Å². The maximum Gasteiger partial charge on any atom is 0.412 e. The molecule has 20 nitrogen and oxygen atoms in total. The fourth-order valence-electron chi connectivity index (χ4n) is 6.47. The molecule has 1 fully saturated rings. The molecule has 2 unspecified atom stereocenters. The Bertz CT molecular complexity index is 1920. The Kier molecular flexibility index (Phi) is 19.2. The highest BCUT2D eigenvalue weighted by atomic mass is 19.1. The van der Waals surface area contributed by atoms with E-state index in [1.54, 1.807) is 30.2 Å². The number of amides is 1. The van der Waals surface area contributed by atoms with Crippen LogP contribution in [0.3, 0.4) is 0 Å². The third-order valence-corrected chi connectivity index (χ3v) is 10.2. The number of hydrogen-bond acceptors (Lipinski definition) is 17. The zero-order valence-electron chi connectivity index (χ0n) is 38.0. The van der Waals surface area contributed by atoms with Crippen LogP contribution in [0.1, 0.15) is 72.9 Å². The number of halogens is 1. The molecule has 1 aliphatic heterocycles. The number of ether oxygens (including phenoxy) is 3. The van der Waals surface area contributed by atoms with Gasteiger partial charge >= 0.3 is 24.4 Å². The van der Waals surface area contributed by atoms with Crippen molar-refractivity contribution >= 4 is 52.4 Å². The number of nitrogens with zero attached hydrogens (tertiary/aromatic N) is 10. The summed E-state index contributed by atoms with van der Waals surface area (Å²) in [6.45, 7) is 14.1. The van der Waals surface area contributed by atoms with E-state index in [1.807, 2.05) is 46.1 Å². The van der Waals surface area contributed by atoms with E-state index < -0.39 is 30.6 Å². The minimum Gasteiger partial charge on any atom is -0.389 e. The van der Waals surface area contributed by atoms with Crippen LogP contribution in [-0.4, -0.2) is 174 Å². The predicted octanol–water partition coefficient (Wildman–Crippen LogP) is 2.26. The first-order valence-electron chi connectivity index (χ1n) is 21.6. The van der Waals surface area contributed by atoms with Crippen molar-refractivity contribution < 1.29 is 37.8 Å². The molecule has 1 aliphatic rings. The fraction of sp³-hybridized carbons (Fsp3) is 0.707. The van der Waals surface area contributed by atoms with Crippen molar-refractivity contribution in [2.75, 3.05) is 103 Å². The number of rotatable bonds is 26. The molecule has 4 rings (SSSR count). The lowest BCUT2D eigenvalue weighted by molar-refractivity contribution is -0.257. The van der Waals surface area contributed by atoms with Crippen molar-refractivity contribution in [2.24, 2.45) is 0 Å². The molecule has 1 amide bonds. The molecule has 3 aromatic heterocycles. The maximum atomic E-state index is 14.2. The first-order chi connectivity index (χ1) is 29.5. The molecular weight excluding hydrogens is 806 g/mol. The molecule has 0 bridgehead atoms. The molecule has 0 aromatic carbocycles. The summed E-state index contributed by atoms with van der Waals surface area (Å²) in [6.07, 6.45) is 6.55. The Morgan fingerprint density at radius 1 is 0.919 bits per heavy atom. The molecule has 3 N–H and O–H groups in total. The van der Waals surface area contributed by atoms with Crippen LogP contribution in [0.2, 0.25) is 0 Å². The molecule has 21 heteroatoms. The van der Waals surface area contributed by atoms with E-state index in [4.69, 9.17) is 29.3 Å². The Morgan fingerprint density at radius 2 is 1.60 bits per heavy atom. The van der Waals surface area contributed by atoms with Gasteiger partial charge in [-0.1, -0.05) is 20.8 Å². The van der Waals surface area contributed by atoms with Gasteiger partial charge in [-0.15, -0.1) is 0 Å². The van der Waals surface area contributed by atoms with Crippen molar-refractivity contribution in [3.8, 4) is 0 Å². The molecule has 0 spiro atoms. The van der Waals surface area contributed by atoms with Crippen LogP contribution in [-0.2, 0) is 51.9 Å². The van der Waals surface area contributed by atoms with Crippen molar-refractivity contribution in [1.82, 2.24) is 54.6 Å². The summed E-state index contributed by atoms with van der Waals surface area (Å²) in [6, 6.07) is 0. The number of carbonyl (C=O) groups excluding carboxylic acids is 4. The maximum absolute atomic E-state index is 14.2. The molecule has 0 saturated carbocycles. The van der Waals surface area contributed by atoms with Gasteiger partial charge in [0.2, 0.25) is 11.9 Å². The van der Waals surface area contributed by atoms with E-state index in [1.165, 1.54) is 0 Å². The van der Waals surface area contributed by atoms with Gasteiger partial charge in [-0.25, -0.2) is 9.37 Å². The Labute approximate surface area is 364 Å². The zero-order chi connectivity index (χ0) is 45.4. The number of likely N-dealkylation sites (N-methyl/N-ethyl adjacent to an activating group) is 4. The summed E-state index contributed by atoms with van der Waals surface area (Å²) < 4.78 is 33.5. The van der Waals surface area contributed by atoms with Gasteiger partial charge in [0, 0.05) is 44.5 Å². The van der Waals surface area contributed by atoms with Gasteiger partial charge in [0.25, 0.3) is 0 Å². The lowest BCUT2D eigenvalue weighted by Gasteiger charge is -2.23. The number of aromatic nitrogens is 6. The average Bonchev–Trinajstić information content (AvgIpc) is 3.95. The minimum atomic E-state index is -1.81. The minimum absolute atomic E-state index is 0.0740. The second kappa shape index (κ2) is 24.0. The average molecular weight is 874 g/mol. The van der Waals surface area contributed by atoms with Crippen molar-refractivity contribution in [2.45, 2.75) is 98.4 Å². The van der Waals surface area contributed by atoms with Crippen LogP contribution in [0.4, 0.5) is 21.8 Å². The first-order valence-corrected chi connectivity index (χ1v) is 21.6. The van der Waals surface area contributed by atoms with Gasteiger partial charge in [0.05, 0.1) is 50.4 Å². The molecule has 0 aliphatic carbocycles. The van der Waals surface area contributed by atoms with Gasteiger partial charge in [0.1, 0.15) is 6.17 Å². The Morgan fingerprint density at radius 3 is 2.23 bits per heavy atom. The summed E-state index contributed by atoms with van der Waals surface area (Å²) >= 11 is 0. The molecule has 1 saturated heterocycles. The number of alkyl halides is 1. The van der Waals surface area contributed by atoms with Crippen molar-refractivity contribution in [3.05, 3.63) is 18.2 Å². The summed E-state index contributed by atoms with van der Waals surface area (Å²) in [4.78, 5) is 71.2. The number of hydrogen-bond donors (Lipinski definition) is 3. The monoisotopic (exact) mass is 874 g/mol. The molecule has 346 valence electrons. The van der Waals surface area contributed by atoms with E-state index in [2.05, 4.69) is 48.6 Å². The predicted molar refractivity (Wildman–Crippen MR) is 233 cm³/mol. The number of imidazole rings is 1. The van der Waals surface area contributed by atoms with E-state index in [0.717, 1.165) is 30.6 Å². The largest absolute Gasteiger partial charge is 0.412 e. The number of aryl methyl sites for hydroxylation is 2. The highest BCUT2D eigenvalue weighted by Gasteiger charge is 2.28. The Balaban J connectivity index is 1.18. The topological polar surface area (TPSA) is 206 Å². The SMILES string of the molecule is CCNCC(=O)OC(OC(=O)CN(C)CC)OC(=O)CN(C)CCN(C)CC(=O)NCCCCCn1cc(Nc2nc(N3CCC(F)C3)nc3c2ncn3C(C)(C)C)c(CC)n1. The highest BCUT2D eigenvalue weighted by molar-refractivity contribution is 5.87. The standard InChI is InChI=1S/C41H68FN13O7/c1-10-30-31(46-37-36-38(55(28-45-36)41(4,5)6)48-39(47-37)53-19-16-29(42)23-53)24-54(49-30)18-15-13-14-17-44-32(56)25-51(8)20-21-52(9)27-35(59)62-40(60-33(57)22-43-11-2)61-34(58)26-50(7)12-3/h24,28-29,40,43H,10-23,25-27H2,1-9H3,(H,44,56)(H,46,47,48). The molecule has 62 heavy (non-hydrogen) atoms. The second-order valence-electron chi connectivity index (χ2n) is 16.6. The number of anilines is 3. The van der Waals surface area contributed by atoms with Crippen LogP contribution < -0.4 is 20.9 Å². The van der Waals surface area contributed by atoms with Gasteiger partial charge in [0.15, 0.2) is 17.0 Å². The number of esters is 3. The van der Waals surface area contributed by atoms with E-state index in [-0.39, 0.29) is 44.2 Å². The van der Waals surface area contributed by atoms with E-state index in [0.29, 0.717) is 81.6 Å². The molecule has 2 atom stereocenters. The smallest absolute Gasteiger partial charge is 0.389 e. The quantitative estimate of drug-likeness (QED) is 0.0601. The van der Waals surface area contributed by atoms with E-state index >= 15 is 0 Å². The van der Waals surface area contributed by atoms with Crippen LogP contribution in [0, 0.1) is 0 Å². The third-order valence-electron chi connectivity index (χ3n) is 10.2. The van der Waals surface area contributed by atoms with Crippen LogP contribution in [0.25, 0.3) is 11.2 Å². The zero-order valence-corrected chi connectivity index (χ0v) is 38.0. The lowest BCUT2D eigenvalue weighted by atomic mass is 10.1. The number of fused-ring (bicyclic) bond motifs is 1. The summed E-state index contributed by atoms with van der Waals surface area (Å²) in [5.74, 6) is -1.27. The summed E-state index contributed by atoms with van der Waals surface area (Å²) in [5.41, 5.74) is 2.77. The summed E-state index contributed by atoms with van der Waals surface area (Å²) in [7, 11) is 5.24. The van der Waals surface area contributed by atoms with Gasteiger partial charge < -0.3 is 39.6 Å². The van der Waals surface area contributed by atoms with Crippen molar-refractivity contribution in [1.29, 1.82) is 0 Å². The molecule has 3 aromatic rings. The number of nitrogens with one attached hydrogen (secondary N) is 3. The highest BCUT2D eigenvalue weighted by Crippen LogP contribution is 2.31. The normalized spacial score (nSPS) is 14.9. The van der Waals surface area contributed by atoms with Gasteiger partial charge in [-0.3, -0.25) is 38.6 Å². The molecule has 0 radical (unpaired) electrons. The van der Waals surface area contributed by atoms with Crippen LogP contribution in [0.15, 0.2) is 12.5 Å². The summed E-state index contributed by atoms with van der Waals surface area (Å²) in [5, 5.41) is 14.1. The molecular formula is C41H68FN13O7. The van der Waals surface area contributed by atoms with E-state index in [9.17, 15) is 23.6 Å². The fourth-order valence-corrected chi connectivity index (χ4v) is 6.47. The first kappa shape index (κ1) is 49.7. The second-order valence-corrected chi connectivity index (χ2v) is 16.6. The Hall–Kier alpha value is -4.99. The van der Waals surface area contributed by atoms with Gasteiger partial charge in [-0.05, 0) is 87.1 Å². The van der Waals surface area contributed by atoms with Crippen LogP contribution in [0.5, 0.6) is 0 Å². The van der Waals surface area contributed by atoms with Crippen LogP contribution >= 0.6 is 0 Å². The lowest BCUT2D eigenvalue weighted by Crippen LogP contribution is -2.41. The molecule has 4 heterocycles.